The molecule has 0 aliphatic heterocycles. The van der Waals surface area contributed by atoms with Crippen LogP contribution in [0.4, 0.5) is 5.69 Å². The van der Waals surface area contributed by atoms with Gasteiger partial charge in [-0.15, -0.1) is 0 Å². The van der Waals surface area contributed by atoms with Crippen molar-refractivity contribution in [3.8, 4) is 0 Å². The molecule has 0 unspecified atom stereocenters. The highest BCUT2D eigenvalue weighted by Gasteiger charge is 2.23. The molecular weight excluding hydrogens is 236 g/mol. The second-order valence-corrected chi connectivity index (χ2v) is 5.32. The highest BCUT2D eigenvalue weighted by molar-refractivity contribution is 5.88. The highest BCUT2D eigenvalue weighted by Crippen LogP contribution is 2.37. The molecular formula is C16H16N2O. The van der Waals surface area contributed by atoms with Crippen molar-refractivity contribution in [3.05, 3.63) is 41.4 Å². The van der Waals surface area contributed by atoms with E-state index in [-0.39, 0.29) is 0 Å². The summed E-state index contributed by atoms with van der Waals surface area (Å²) >= 11 is 0. The second-order valence-electron chi connectivity index (χ2n) is 5.32. The smallest absolute Gasteiger partial charge is 0.189 e. The molecule has 0 spiro atoms. The van der Waals surface area contributed by atoms with E-state index in [4.69, 9.17) is 6.57 Å². The van der Waals surface area contributed by atoms with Gasteiger partial charge >= 0.3 is 0 Å². The van der Waals surface area contributed by atoms with Gasteiger partial charge in [-0.3, -0.25) is 4.79 Å². The van der Waals surface area contributed by atoms with Gasteiger partial charge in [0, 0.05) is 37.0 Å². The van der Waals surface area contributed by atoms with E-state index in [9.17, 15) is 4.79 Å². The lowest BCUT2D eigenvalue weighted by Gasteiger charge is -2.20. The third-order valence-corrected chi connectivity index (χ3v) is 4.12. The summed E-state index contributed by atoms with van der Waals surface area (Å²) in [6.45, 7) is 7.09. The van der Waals surface area contributed by atoms with Crippen LogP contribution in [0.25, 0.3) is 15.7 Å². The maximum atomic E-state index is 11.4. The molecule has 1 fully saturated rings. The number of aromatic nitrogens is 1. The third kappa shape index (κ3) is 2.04. The first-order valence-corrected chi connectivity index (χ1v) is 6.67. The van der Waals surface area contributed by atoms with Crippen LogP contribution in [0.15, 0.2) is 24.4 Å². The van der Waals surface area contributed by atoms with E-state index in [0.29, 0.717) is 30.2 Å². The number of carbonyl (C=O) groups excluding carboxylic acids is 1. The van der Waals surface area contributed by atoms with E-state index in [1.807, 2.05) is 19.2 Å². The normalized spacial score (nSPS) is 16.7. The predicted molar refractivity (Wildman–Crippen MR) is 75.4 cm³/mol. The van der Waals surface area contributed by atoms with Gasteiger partial charge in [-0.2, -0.15) is 0 Å². The lowest BCUT2D eigenvalue weighted by Crippen LogP contribution is -2.12. The molecule has 1 saturated carbocycles. The fourth-order valence-corrected chi connectivity index (χ4v) is 3.05. The summed E-state index contributed by atoms with van der Waals surface area (Å²) in [5.74, 6) is 0.881. The van der Waals surface area contributed by atoms with Crippen LogP contribution in [-0.4, -0.2) is 10.4 Å². The Bertz CT molecular complexity index is 681. The molecule has 3 rings (SSSR count). The highest BCUT2D eigenvalue weighted by atomic mass is 16.1. The number of aryl methyl sites for hydroxylation is 1. The Hall–Kier alpha value is -2.08. The van der Waals surface area contributed by atoms with Crippen molar-refractivity contribution in [2.75, 3.05) is 0 Å². The summed E-state index contributed by atoms with van der Waals surface area (Å²) < 4.78 is 2.09. The molecule has 1 aromatic heterocycles. The summed E-state index contributed by atoms with van der Waals surface area (Å²) in [4.78, 5) is 14.8. The maximum absolute atomic E-state index is 11.4. The van der Waals surface area contributed by atoms with E-state index in [1.165, 1.54) is 10.9 Å². The Kier molecular flexibility index (Phi) is 2.87. The predicted octanol–water partition coefficient (Wildman–Crippen LogP) is 3.96. The lowest BCUT2D eigenvalue weighted by atomic mass is 9.83. The Morgan fingerprint density at radius 2 is 2.05 bits per heavy atom. The molecule has 1 heterocycles. The average Bonchev–Trinajstić information content (AvgIpc) is 2.76. The van der Waals surface area contributed by atoms with Gasteiger partial charge in [-0.05, 0) is 30.4 Å². The fraction of sp³-hybridized carbons (Fsp3) is 0.375. The van der Waals surface area contributed by atoms with Crippen molar-refractivity contribution in [3.63, 3.8) is 0 Å². The summed E-state index contributed by atoms with van der Waals surface area (Å²) in [6.07, 6.45) is 5.51. The minimum absolute atomic E-state index is 0.395. The topological polar surface area (TPSA) is 26.4 Å². The maximum Gasteiger partial charge on any atom is 0.189 e. The van der Waals surface area contributed by atoms with Crippen molar-refractivity contribution in [2.45, 2.75) is 31.6 Å². The summed E-state index contributed by atoms with van der Waals surface area (Å²) in [6, 6.07) is 5.88. The van der Waals surface area contributed by atoms with Crippen molar-refractivity contribution >= 4 is 22.4 Å². The monoisotopic (exact) mass is 252 g/mol. The van der Waals surface area contributed by atoms with E-state index >= 15 is 0 Å². The minimum Gasteiger partial charge on any atom is -0.351 e. The Morgan fingerprint density at radius 1 is 1.32 bits per heavy atom. The minimum atomic E-state index is 0.395. The molecule has 1 aromatic carbocycles. The Labute approximate surface area is 112 Å². The Balaban J connectivity index is 2.05. The molecule has 1 aliphatic rings. The second kappa shape index (κ2) is 4.55. The molecule has 2 aromatic rings. The van der Waals surface area contributed by atoms with E-state index < -0.39 is 0 Å². The van der Waals surface area contributed by atoms with E-state index in [2.05, 4.69) is 21.7 Å². The number of nitrogens with zero attached hydrogens (tertiary/aromatic N) is 2. The molecule has 96 valence electrons. The number of rotatable bonds is 1. The van der Waals surface area contributed by atoms with Gasteiger partial charge < -0.3 is 4.57 Å². The molecule has 1 aliphatic carbocycles. The first-order valence-electron chi connectivity index (χ1n) is 6.67. The number of hydrogen-bond donors (Lipinski definition) is 0. The van der Waals surface area contributed by atoms with Gasteiger partial charge in [0.1, 0.15) is 5.78 Å². The number of fused-ring (bicyclic) bond motifs is 1. The van der Waals surface area contributed by atoms with Crippen molar-refractivity contribution in [1.82, 2.24) is 4.57 Å². The van der Waals surface area contributed by atoms with Crippen LogP contribution >= 0.6 is 0 Å². The van der Waals surface area contributed by atoms with E-state index in [0.717, 1.165) is 18.4 Å². The van der Waals surface area contributed by atoms with Gasteiger partial charge in [0.2, 0.25) is 0 Å². The number of Topliss-reactive ketones (excluding diaryl/α,β-unsaturated/α-hetero) is 1. The molecule has 3 nitrogen and oxygen atoms in total. The standard InChI is InChI=1S/C16H16N2O/c1-17-12-5-8-14-15(10-18(2)16(14)9-12)11-3-6-13(19)7-4-11/h5,8-11H,3-4,6-7H2,2H3. The fourth-order valence-electron chi connectivity index (χ4n) is 3.05. The van der Waals surface area contributed by atoms with E-state index in [1.54, 1.807) is 0 Å². The van der Waals surface area contributed by atoms with Crippen LogP contribution in [0.3, 0.4) is 0 Å². The van der Waals surface area contributed by atoms with Crippen molar-refractivity contribution in [1.29, 1.82) is 0 Å². The van der Waals surface area contributed by atoms with Crippen molar-refractivity contribution in [2.24, 2.45) is 7.05 Å². The number of carbonyl (C=O) groups is 1. The van der Waals surface area contributed by atoms with Gasteiger partial charge in [-0.1, -0.05) is 12.1 Å². The van der Waals surface area contributed by atoms with Crippen LogP contribution in [0.1, 0.15) is 37.2 Å². The van der Waals surface area contributed by atoms with Crippen LogP contribution in [0.2, 0.25) is 0 Å². The molecule has 0 bridgehead atoms. The molecule has 0 N–H and O–H groups in total. The lowest BCUT2D eigenvalue weighted by molar-refractivity contribution is -0.120. The molecule has 0 amide bonds. The molecule has 3 heteroatoms. The average molecular weight is 252 g/mol. The summed E-state index contributed by atoms with van der Waals surface area (Å²) in [5, 5.41) is 1.23. The van der Waals surface area contributed by atoms with Gasteiger partial charge in [0.15, 0.2) is 5.69 Å². The van der Waals surface area contributed by atoms with Crippen LogP contribution in [0, 0.1) is 6.57 Å². The largest absolute Gasteiger partial charge is 0.351 e. The summed E-state index contributed by atoms with van der Waals surface area (Å²) in [5.41, 5.74) is 3.13. The number of ketones is 1. The van der Waals surface area contributed by atoms with Gasteiger partial charge in [0.05, 0.1) is 6.57 Å². The first kappa shape index (κ1) is 12.0. The first-order chi connectivity index (χ1) is 9.19. The zero-order chi connectivity index (χ0) is 13.4. The van der Waals surface area contributed by atoms with Crippen molar-refractivity contribution < 1.29 is 4.79 Å². The quantitative estimate of drug-likeness (QED) is 0.706. The van der Waals surface area contributed by atoms with Gasteiger partial charge in [0.25, 0.3) is 0 Å². The summed E-state index contributed by atoms with van der Waals surface area (Å²) in [7, 11) is 2.02. The zero-order valence-corrected chi connectivity index (χ0v) is 11.0. The molecule has 0 radical (unpaired) electrons. The molecule has 0 saturated heterocycles. The Morgan fingerprint density at radius 3 is 2.74 bits per heavy atom. The SMILES string of the molecule is [C-]#[N+]c1ccc2c(C3CCC(=O)CC3)cn(C)c2c1. The number of hydrogen-bond acceptors (Lipinski definition) is 1. The van der Waals surface area contributed by atoms with Crippen LogP contribution < -0.4 is 0 Å². The van der Waals surface area contributed by atoms with Crippen LogP contribution in [0.5, 0.6) is 0 Å². The zero-order valence-electron chi connectivity index (χ0n) is 11.0. The number of benzene rings is 1. The molecule has 19 heavy (non-hydrogen) atoms. The van der Waals surface area contributed by atoms with Crippen LogP contribution in [-0.2, 0) is 11.8 Å². The molecule has 0 atom stereocenters. The third-order valence-electron chi connectivity index (χ3n) is 4.12. The van der Waals surface area contributed by atoms with Gasteiger partial charge in [-0.25, -0.2) is 4.85 Å².